The summed E-state index contributed by atoms with van der Waals surface area (Å²) in [4.78, 5) is 28.3. The predicted octanol–water partition coefficient (Wildman–Crippen LogP) is 2.29. The molecule has 7 heteroatoms. The van der Waals surface area contributed by atoms with Gasteiger partial charge in [0.15, 0.2) is 11.5 Å². The molecule has 2 heterocycles. The fraction of sp³-hybridized carbons (Fsp3) is 0.556. The summed E-state index contributed by atoms with van der Waals surface area (Å²) in [5.74, 6) is 1.98. The summed E-state index contributed by atoms with van der Waals surface area (Å²) >= 11 is 1.58. The number of amides is 2. The SMILES string of the molecule is COc1ccc(C2SCC(=O)N2CCC(=O)N2CCCC2)cc1OC. The smallest absolute Gasteiger partial charge is 0.233 e. The molecule has 2 amide bonds. The van der Waals surface area contributed by atoms with E-state index >= 15 is 0 Å². The van der Waals surface area contributed by atoms with Crippen LogP contribution in [0, 0.1) is 0 Å². The van der Waals surface area contributed by atoms with Crippen molar-refractivity contribution in [3.8, 4) is 11.5 Å². The number of methoxy groups -OCH3 is 2. The van der Waals surface area contributed by atoms with Crippen LogP contribution in [0.25, 0.3) is 0 Å². The first kappa shape index (κ1) is 17.9. The van der Waals surface area contributed by atoms with Gasteiger partial charge in [-0.1, -0.05) is 6.07 Å². The van der Waals surface area contributed by atoms with Crippen molar-refractivity contribution in [2.45, 2.75) is 24.6 Å². The molecule has 0 saturated carbocycles. The maximum absolute atomic E-state index is 12.3. The van der Waals surface area contributed by atoms with Gasteiger partial charge in [0.1, 0.15) is 5.37 Å². The van der Waals surface area contributed by atoms with Crippen molar-refractivity contribution >= 4 is 23.6 Å². The molecule has 0 spiro atoms. The van der Waals surface area contributed by atoms with E-state index < -0.39 is 0 Å². The van der Waals surface area contributed by atoms with Gasteiger partial charge in [-0.2, -0.15) is 0 Å². The lowest BCUT2D eigenvalue weighted by atomic mass is 10.1. The molecule has 0 aliphatic carbocycles. The van der Waals surface area contributed by atoms with Crippen LogP contribution in [0.4, 0.5) is 0 Å². The van der Waals surface area contributed by atoms with E-state index in [0.29, 0.717) is 30.2 Å². The Bertz CT molecular complexity index is 646. The lowest BCUT2D eigenvalue weighted by Gasteiger charge is -2.25. The van der Waals surface area contributed by atoms with Gasteiger partial charge < -0.3 is 19.3 Å². The first-order valence-corrected chi connectivity index (χ1v) is 9.59. The molecule has 1 atom stereocenters. The average molecular weight is 364 g/mol. The van der Waals surface area contributed by atoms with Gasteiger partial charge in [0.25, 0.3) is 0 Å². The molecule has 2 saturated heterocycles. The zero-order valence-corrected chi connectivity index (χ0v) is 15.5. The number of nitrogens with zero attached hydrogens (tertiary/aromatic N) is 2. The highest BCUT2D eigenvalue weighted by atomic mass is 32.2. The van der Waals surface area contributed by atoms with Gasteiger partial charge in [0.05, 0.1) is 20.0 Å². The second-order valence-electron chi connectivity index (χ2n) is 6.20. The molecule has 2 fully saturated rings. The molecule has 1 aromatic carbocycles. The third-order valence-electron chi connectivity index (χ3n) is 4.69. The molecular weight excluding hydrogens is 340 g/mol. The van der Waals surface area contributed by atoms with Crippen molar-refractivity contribution in [1.82, 2.24) is 9.80 Å². The molecule has 136 valence electrons. The Hall–Kier alpha value is -1.89. The summed E-state index contributed by atoms with van der Waals surface area (Å²) in [5, 5.41) is -0.0846. The number of thioether (sulfide) groups is 1. The van der Waals surface area contributed by atoms with E-state index in [2.05, 4.69) is 0 Å². The summed E-state index contributed by atoms with van der Waals surface area (Å²) in [6.45, 7) is 2.15. The zero-order chi connectivity index (χ0) is 17.8. The van der Waals surface area contributed by atoms with Gasteiger partial charge in [-0.05, 0) is 30.5 Å². The minimum Gasteiger partial charge on any atom is -0.493 e. The fourth-order valence-electron chi connectivity index (χ4n) is 3.32. The van der Waals surface area contributed by atoms with Crippen LogP contribution >= 0.6 is 11.8 Å². The Morgan fingerprint density at radius 1 is 1.20 bits per heavy atom. The Morgan fingerprint density at radius 3 is 2.60 bits per heavy atom. The lowest BCUT2D eigenvalue weighted by molar-refractivity contribution is -0.132. The highest BCUT2D eigenvalue weighted by molar-refractivity contribution is 8.00. The highest BCUT2D eigenvalue weighted by Gasteiger charge is 2.33. The van der Waals surface area contributed by atoms with E-state index in [1.807, 2.05) is 23.1 Å². The number of likely N-dealkylation sites (tertiary alicyclic amines) is 1. The number of carbonyl (C=O) groups is 2. The van der Waals surface area contributed by atoms with Crippen LogP contribution in [0.15, 0.2) is 18.2 Å². The van der Waals surface area contributed by atoms with E-state index in [4.69, 9.17) is 9.47 Å². The van der Waals surface area contributed by atoms with Crippen LogP contribution in [-0.4, -0.2) is 61.2 Å². The van der Waals surface area contributed by atoms with Gasteiger partial charge in [-0.3, -0.25) is 9.59 Å². The van der Waals surface area contributed by atoms with Crippen LogP contribution < -0.4 is 9.47 Å². The molecule has 0 bridgehead atoms. The average Bonchev–Trinajstić information content (AvgIpc) is 3.29. The van der Waals surface area contributed by atoms with Crippen molar-refractivity contribution < 1.29 is 19.1 Å². The van der Waals surface area contributed by atoms with Crippen molar-refractivity contribution in [3.63, 3.8) is 0 Å². The normalized spacial score (nSPS) is 20.2. The Kier molecular flexibility index (Phi) is 5.73. The van der Waals surface area contributed by atoms with E-state index in [9.17, 15) is 9.59 Å². The van der Waals surface area contributed by atoms with Crippen molar-refractivity contribution in [3.05, 3.63) is 23.8 Å². The Labute approximate surface area is 152 Å². The third-order valence-corrected chi connectivity index (χ3v) is 5.94. The number of ether oxygens (including phenoxy) is 2. The molecule has 0 N–H and O–H groups in total. The lowest BCUT2D eigenvalue weighted by Crippen LogP contribution is -2.34. The largest absolute Gasteiger partial charge is 0.493 e. The first-order valence-electron chi connectivity index (χ1n) is 8.55. The molecule has 2 aliphatic heterocycles. The minimum absolute atomic E-state index is 0.0824. The Morgan fingerprint density at radius 2 is 1.92 bits per heavy atom. The summed E-state index contributed by atoms with van der Waals surface area (Å²) in [6, 6.07) is 5.71. The van der Waals surface area contributed by atoms with E-state index in [-0.39, 0.29) is 17.2 Å². The van der Waals surface area contributed by atoms with Gasteiger partial charge in [-0.15, -0.1) is 11.8 Å². The maximum Gasteiger partial charge on any atom is 0.233 e. The summed E-state index contributed by atoms with van der Waals surface area (Å²) < 4.78 is 10.6. The number of rotatable bonds is 6. The maximum atomic E-state index is 12.3. The molecule has 0 radical (unpaired) electrons. The minimum atomic E-state index is -0.0846. The monoisotopic (exact) mass is 364 g/mol. The molecule has 1 unspecified atom stereocenters. The molecule has 0 aromatic heterocycles. The molecule has 1 aromatic rings. The van der Waals surface area contributed by atoms with Crippen LogP contribution in [-0.2, 0) is 9.59 Å². The molecular formula is C18H24N2O4S. The summed E-state index contributed by atoms with van der Waals surface area (Å²) in [6.07, 6.45) is 2.55. The predicted molar refractivity (Wildman–Crippen MR) is 96.9 cm³/mol. The topological polar surface area (TPSA) is 59.1 Å². The van der Waals surface area contributed by atoms with Gasteiger partial charge >= 0.3 is 0 Å². The zero-order valence-electron chi connectivity index (χ0n) is 14.7. The van der Waals surface area contributed by atoms with Gasteiger partial charge in [0.2, 0.25) is 11.8 Å². The van der Waals surface area contributed by atoms with E-state index in [0.717, 1.165) is 31.5 Å². The first-order chi connectivity index (χ1) is 12.1. The number of hydrogen-bond donors (Lipinski definition) is 0. The Balaban J connectivity index is 1.70. The van der Waals surface area contributed by atoms with Crippen LogP contribution in [0.2, 0.25) is 0 Å². The fourth-order valence-corrected chi connectivity index (χ4v) is 4.53. The summed E-state index contributed by atoms with van der Waals surface area (Å²) in [5.41, 5.74) is 0.988. The molecule has 25 heavy (non-hydrogen) atoms. The highest BCUT2D eigenvalue weighted by Crippen LogP contribution is 2.41. The molecule has 6 nitrogen and oxygen atoms in total. The quantitative estimate of drug-likeness (QED) is 0.775. The van der Waals surface area contributed by atoms with E-state index in [1.165, 1.54) is 0 Å². The molecule has 3 rings (SSSR count). The van der Waals surface area contributed by atoms with Crippen molar-refractivity contribution in [1.29, 1.82) is 0 Å². The van der Waals surface area contributed by atoms with Crippen molar-refractivity contribution in [2.75, 3.05) is 39.6 Å². The van der Waals surface area contributed by atoms with Gasteiger partial charge in [0, 0.05) is 26.1 Å². The number of carbonyl (C=O) groups excluding carboxylic acids is 2. The summed E-state index contributed by atoms with van der Waals surface area (Å²) in [7, 11) is 3.20. The second-order valence-corrected chi connectivity index (χ2v) is 7.27. The van der Waals surface area contributed by atoms with Gasteiger partial charge in [-0.25, -0.2) is 0 Å². The number of benzene rings is 1. The second kappa shape index (κ2) is 7.99. The van der Waals surface area contributed by atoms with E-state index in [1.54, 1.807) is 30.9 Å². The van der Waals surface area contributed by atoms with Crippen LogP contribution in [0.5, 0.6) is 11.5 Å². The molecule has 2 aliphatic rings. The van der Waals surface area contributed by atoms with Crippen LogP contribution in [0.1, 0.15) is 30.2 Å². The van der Waals surface area contributed by atoms with Crippen molar-refractivity contribution in [2.24, 2.45) is 0 Å². The third kappa shape index (κ3) is 3.86. The standard InChI is InChI=1S/C18H24N2O4S/c1-23-14-6-5-13(11-15(14)24-2)18-20(17(22)12-25-18)10-7-16(21)19-8-3-4-9-19/h5-6,11,18H,3-4,7-10,12H2,1-2H3. The number of hydrogen-bond acceptors (Lipinski definition) is 5. The van der Waals surface area contributed by atoms with Crippen LogP contribution in [0.3, 0.4) is 0 Å².